The van der Waals surface area contributed by atoms with Crippen LogP contribution in [0.15, 0.2) is 0 Å². The Balaban J connectivity index is 3.64. The van der Waals surface area contributed by atoms with E-state index in [4.69, 9.17) is 5.11 Å². The van der Waals surface area contributed by atoms with E-state index in [1.807, 2.05) is 0 Å². The molecule has 158 valence electrons. The number of hydrogen-bond donors (Lipinski definition) is 2. The molecule has 0 aliphatic heterocycles. The molecule has 0 fully saturated rings. The number of carboxylic acids is 1. The number of unbranched alkanes of at least 4 members (excludes halogenated alkanes) is 14. The molecule has 26 heavy (non-hydrogen) atoms. The largest absolute Gasteiger partial charge is 0.481 e. The van der Waals surface area contributed by atoms with Crippen LogP contribution in [0.4, 0.5) is 0 Å². The Morgan fingerprint density at radius 1 is 0.577 bits per heavy atom. The highest BCUT2D eigenvalue weighted by molar-refractivity contribution is 8.17. The first-order chi connectivity index (χ1) is 12.7. The van der Waals surface area contributed by atoms with Gasteiger partial charge in [-0.3, -0.25) is 15.7 Å². The topological polar surface area (TPSA) is 37.3 Å². The molecule has 0 saturated heterocycles. The molecule has 0 aromatic rings. The smallest absolute Gasteiger partial charge is 0.304 e. The molecular formula is C23H48O2S. The maximum atomic E-state index is 10.9. The van der Waals surface area contributed by atoms with Crippen molar-refractivity contribution in [3.63, 3.8) is 0 Å². The van der Waals surface area contributed by atoms with Crippen LogP contribution < -0.4 is 0 Å². The lowest BCUT2D eigenvalue weighted by molar-refractivity contribution is -0.136. The highest BCUT2D eigenvalue weighted by atomic mass is 32.2. The van der Waals surface area contributed by atoms with Gasteiger partial charge in [0.05, 0.1) is 6.42 Å². The van der Waals surface area contributed by atoms with Crippen molar-refractivity contribution in [1.82, 2.24) is 0 Å². The Labute approximate surface area is 167 Å². The highest BCUT2D eigenvalue weighted by Gasteiger charge is 2.07. The van der Waals surface area contributed by atoms with Crippen molar-refractivity contribution in [2.75, 3.05) is 17.3 Å². The number of carbonyl (C=O) groups is 1. The van der Waals surface area contributed by atoms with Crippen LogP contribution >= 0.6 is 10.9 Å². The van der Waals surface area contributed by atoms with Crippen LogP contribution in [0.2, 0.25) is 0 Å². The van der Waals surface area contributed by atoms with E-state index in [-0.39, 0.29) is 10.9 Å². The summed E-state index contributed by atoms with van der Waals surface area (Å²) in [6.07, 6.45) is 22.4. The number of rotatable bonds is 21. The van der Waals surface area contributed by atoms with Crippen molar-refractivity contribution in [2.45, 2.75) is 123 Å². The van der Waals surface area contributed by atoms with Gasteiger partial charge in [-0.05, 0) is 30.1 Å². The Morgan fingerprint density at radius 2 is 0.923 bits per heavy atom. The summed E-state index contributed by atoms with van der Waals surface area (Å²) in [6.45, 7) is 4.54. The van der Waals surface area contributed by atoms with Crippen molar-refractivity contribution in [1.29, 1.82) is 0 Å². The summed E-state index contributed by atoms with van der Waals surface area (Å²) in [7, 11) is -0.0330. The first-order valence-corrected chi connectivity index (χ1v) is 13.5. The molecule has 1 atom stereocenters. The van der Waals surface area contributed by atoms with E-state index in [2.05, 4.69) is 13.8 Å². The summed E-state index contributed by atoms with van der Waals surface area (Å²) < 4.78 is 0. The third kappa shape index (κ3) is 20.1. The van der Waals surface area contributed by atoms with Crippen LogP contribution in [0.3, 0.4) is 0 Å². The molecule has 0 aromatic carbocycles. The van der Waals surface area contributed by atoms with Crippen LogP contribution in [0, 0.1) is 0 Å². The summed E-state index contributed by atoms with van der Waals surface area (Å²) >= 11 is 0. The SMILES string of the molecule is CCCCCCCCCCCC[SH](CCCCCCCC)CCC(=O)O. The standard InChI is InChI=1S/C23H48O2S/c1-3-5-7-9-11-12-13-14-16-18-21-26(22-19-23(24)25)20-17-15-10-8-6-4-2/h26H,3-22H2,1-2H3,(H,24,25). The van der Waals surface area contributed by atoms with Gasteiger partial charge in [0, 0.05) is 0 Å². The van der Waals surface area contributed by atoms with Crippen LogP contribution in [-0.2, 0) is 4.79 Å². The molecule has 3 heteroatoms. The summed E-state index contributed by atoms with van der Waals surface area (Å²) in [5.41, 5.74) is 0. The number of thiol groups is 1. The van der Waals surface area contributed by atoms with E-state index >= 15 is 0 Å². The second-order valence-electron chi connectivity index (χ2n) is 7.94. The number of hydrogen-bond acceptors (Lipinski definition) is 1. The maximum Gasteiger partial charge on any atom is 0.304 e. The molecule has 0 saturated carbocycles. The minimum atomic E-state index is -0.608. The van der Waals surface area contributed by atoms with E-state index in [0.29, 0.717) is 6.42 Å². The van der Waals surface area contributed by atoms with Gasteiger partial charge in [0.1, 0.15) is 0 Å². The molecule has 0 aromatic heterocycles. The van der Waals surface area contributed by atoms with Gasteiger partial charge in [0.15, 0.2) is 0 Å². The predicted octanol–water partition coefficient (Wildman–Crippen LogP) is 7.74. The molecule has 0 radical (unpaired) electrons. The quantitative estimate of drug-likeness (QED) is 0.156. The van der Waals surface area contributed by atoms with Gasteiger partial charge in [-0.2, -0.15) is 0 Å². The molecular weight excluding hydrogens is 340 g/mol. The van der Waals surface area contributed by atoms with Gasteiger partial charge >= 0.3 is 5.97 Å². The van der Waals surface area contributed by atoms with E-state index in [1.54, 1.807) is 0 Å². The highest BCUT2D eigenvalue weighted by Crippen LogP contribution is 2.30. The van der Waals surface area contributed by atoms with Crippen molar-refractivity contribution >= 4 is 16.9 Å². The fourth-order valence-electron chi connectivity index (χ4n) is 3.53. The lowest BCUT2D eigenvalue weighted by atomic mass is 10.1. The Hall–Kier alpha value is -0.180. The van der Waals surface area contributed by atoms with Gasteiger partial charge < -0.3 is 5.11 Å². The first-order valence-electron chi connectivity index (χ1n) is 11.6. The average molecular weight is 389 g/mol. The Bertz CT molecular complexity index is 294. The molecule has 0 aliphatic rings. The zero-order chi connectivity index (χ0) is 19.3. The molecule has 1 unspecified atom stereocenters. The van der Waals surface area contributed by atoms with Crippen LogP contribution in [-0.4, -0.2) is 28.3 Å². The second kappa shape index (κ2) is 21.1. The van der Waals surface area contributed by atoms with Gasteiger partial charge in [-0.25, -0.2) is 0 Å². The molecule has 0 amide bonds. The number of aliphatic carboxylic acids is 1. The minimum absolute atomic E-state index is 0.0330. The monoisotopic (exact) mass is 388 g/mol. The summed E-state index contributed by atoms with van der Waals surface area (Å²) in [5, 5.41) is 8.99. The van der Waals surface area contributed by atoms with E-state index in [9.17, 15) is 4.79 Å². The van der Waals surface area contributed by atoms with Gasteiger partial charge in [-0.15, -0.1) is 0 Å². The third-order valence-corrected chi connectivity index (χ3v) is 8.05. The zero-order valence-electron chi connectivity index (χ0n) is 17.9. The van der Waals surface area contributed by atoms with Crippen molar-refractivity contribution in [3.05, 3.63) is 0 Å². The van der Waals surface area contributed by atoms with E-state index < -0.39 is 5.97 Å². The molecule has 0 spiro atoms. The van der Waals surface area contributed by atoms with Gasteiger partial charge in [0.2, 0.25) is 0 Å². The van der Waals surface area contributed by atoms with Crippen LogP contribution in [0.1, 0.15) is 123 Å². The summed E-state index contributed by atoms with van der Waals surface area (Å²) in [4.78, 5) is 10.9. The normalized spacial score (nSPS) is 13.1. The Morgan fingerprint density at radius 3 is 1.27 bits per heavy atom. The summed E-state index contributed by atoms with van der Waals surface area (Å²) in [6, 6.07) is 0. The van der Waals surface area contributed by atoms with Crippen molar-refractivity contribution in [3.8, 4) is 0 Å². The average Bonchev–Trinajstić information content (AvgIpc) is 2.63. The molecule has 0 bridgehead atoms. The molecule has 0 heterocycles. The predicted molar refractivity (Wildman–Crippen MR) is 121 cm³/mol. The van der Waals surface area contributed by atoms with Crippen molar-refractivity contribution in [2.24, 2.45) is 0 Å². The molecule has 2 nitrogen and oxygen atoms in total. The second-order valence-corrected chi connectivity index (χ2v) is 10.6. The molecule has 0 aliphatic carbocycles. The Kier molecular flexibility index (Phi) is 21.0. The van der Waals surface area contributed by atoms with E-state index in [0.717, 1.165) is 5.75 Å². The fourth-order valence-corrected chi connectivity index (χ4v) is 6.05. The number of carboxylic acid groups (broad SMARTS) is 1. The zero-order valence-corrected chi connectivity index (χ0v) is 18.8. The van der Waals surface area contributed by atoms with Gasteiger partial charge in [0.25, 0.3) is 0 Å². The molecule has 1 N–H and O–H groups in total. The lowest BCUT2D eigenvalue weighted by Crippen LogP contribution is -2.05. The minimum Gasteiger partial charge on any atom is -0.481 e. The van der Waals surface area contributed by atoms with E-state index in [1.165, 1.54) is 114 Å². The van der Waals surface area contributed by atoms with Crippen molar-refractivity contribution < 1.29 is 9.90 Å². The third-order valence-electron chi connectivity index (χ3n) is 5.30. The van der Waals surface area contributed by atoms with Gasteiger partial charge in [-0.1, -0.05) is 104 Å². The lowest BCUT2D eigenvalue weighted by Gasteiger charge is -2.21. The summed E-state index contributed by atoms with van der Waals surface area (Å²) in [5.74, 6) is 2.97. The first kappa shape index (κ1) is 25.8. The maximum absolute atomic E-state index is 10.9. The molecule has 0 rings (SSSR count). The fraction of sp³-hybridized carbons (Fsp3) is 0.957. The van der Waals surface area contributed by atoms with Crippen LogP contribution in [0.25, 0.3) is 0 Å². The van der Waals surface area contributed by atoms with Crippen LogP contribution in [0.5, 0.6) is 0 Å².